The SMILES string of the molecule is CCOC(=O)[C@@H](CCc1ccccc1)NN.Cl. The van der Waals surface area contributed by atoms with Gasteiger partial charge >= 0.3 is 5.97 Å². The van der Waals surface area contributed by atoms with E-state index in [0.717, 1.165) is 6.42 Å². The fourth-order valence-electron chi connectivity index (χ4n) is 1.47. The zero-order chi connectivity index (χ0) is 11.8. The Morgan fingerprint density at radius 3 is 2.59 bits per heavy atom. The summed E-state index contributed by atoms with van der Waals surface area (Å²) in [6, 6.07) is 9.54. The van der Waals surface area contributed by atoms with E-state index in [-0.39, 0.29) is 18.4 Å². The van der Waals surface area contributed by atoms with E-state index in [1.165, 1.54) is 5.56 Å². The molecule has 1 atom stereocenters. The van der Waals surface area contributed by atoms with Crippen molar-refractivity contribution in [2.75, 3.05) is 6.61 Å². The van der Waals surface area contributed by atoms with Crippen LogP contribution in [0.1, 0.15) is 18.9 Å². The number of halogens is 1. The molecular formula is C12H19ClN2O2. The van der Waals surface area contributed by atoms with Gasteiger partial charge in [-0.05, 0) is 25.3 Å². The van der Waals surface area contributed by atoms with Crippen LogP contribution in [0.25, 0.3) is 0 Å². The highest BCUT2D eigenvalue weighted by molar-refractivity contribution is 5.85. The number of hydrazine groups is 1. The second kappa shape index (κ2) is 8.98. The Kier molecular flexibility index (Phi) is 8.40. The Labute approximate surface area is 108 Å². The normalized spacial score (nSPS) is 11.4. The molecule has 0 saturated heterocycles. The maximum absolute atomic E-state index is 11.4. The first-order valence-electron chi connectivity index (χ1n) is 5.44. The third-order valence-electron chi connectivity index (χ3n) is 2.34. The maximum Gasteiger partial charge on any atom is 0.324 e. The Bertz CT molecular complexity index is 320. The number of carbonyl (C=O) groups is 1. The van der Waals surface area contributed by atoms with E-state index in [4.69, 9.17) is 10.6 Å². The molecule has 1 aromatic rings. The van der Waals surface area contributed by atoms with Crippen molar-refractivity contribution >= 4 is 18.4 Å². The summed E-state index contributed by atoms with van der Waals surface area (Å²) in [6.45, 7) is 2.16. The molecule has 3 N–H and O–H groups in total. The van der Waals surface area contributed by atoms with Gasteiger partial charge in [0.05, 0.1) is 6.61 Å². The summed E-state index contributed by atoms with van der Waals surface area (Å²) >= 11 is 0. The van der Waals surface area contributed by atoms with Crippen LogP contribution in [-0.2, 0) is 16.0 Å². The average molecular weight is 259 g/mol. The average Bonchev–Trinajstić information content (AvgIpc) is 2.31. The maximum atomic E-state index is 11.4. The highest BCUT2D eigenvalue weighted by Gasteiger charge is 2.17. The van der Waals surface area contributed by atoms with Gasteiger partial charge in [-0.3, -0.25) is 10.6 Å². The van der Waals surface area contributed by atoms with Gasteiger partial charge in [0.2, 0.25) is 0 Å². The highest BCUT2D eigenvalue weighted by atomic mass is 35.5. The predicted molar refractivity (Wildman–Crippen MR) is 69.8 cm³/mol. The number of benzene rings is 1. The van der Waals surface area contributed by atoms with Crippen LogP contribution in [0.4, 0.5) is 0 Å². The summed E-state index contributed by atoms with van der Waals surface area (Å²) in [5, 5.41) is 0. The number of aryl methyl sites for hydroxylation is 1. The monoisotopic (exact) mass is 258 g/mol. The second-order valence-corrected chi connectivity index (χ2v) is 3.50. The summed E-state index contributed by atoms with van der Waals surface area (Å²) < 4.78 is 4.90. The fourth-order valence-corrected chi connectivity index (χ4v) is 1.47. The van der Waals surface area contributed by atoms with E-state index in [9.17, 15) is 4.79 Å². The number of esters is 1. The molecule has 5 heteroatoms. The lowest BCUT2D eigenvalue weighted by molar-refractivity contribution is -0.145. The first-order chi connectivity index (χ1) is 7.77. The molecule has 0 bridgehead atoms. The molecule has 0 aliphatic carbocycles. The van der Waals surface area contributed by atoms with Crippen LogP contribution in [0.2, 0.25) is 0 Å². The lowest BCUT2D eigenvalue weighted by Gasteiger charge is -2.13. The molecule has 1 rings (SSSR count). The molecular weight excluding hydrogens is 240 g/mol. The van der Waals surface area contributed by atoms with Gasteiger partial charge in [0, 0.05) is 0 Å². The fraction of sp³-hybridized carbons (Fsp3) is 0.417. The molecule has 0 aliphatic heterocycles. The zero-order valence-electron chi connectivity index (χ0n) is 9.89. The van der Waals surface area contributed by atoms with Crippen molar-refractivity contribution in [1.29, 1.82) is 0 Å². The van der Waals surface area contributed by atoms with Gasteiger partial charge in [0.15, 0.2) is 0 Å². The molecule has 0 fully saturated rings. The number of rotatable bonds is 6. The van der Waals surface area contributed by atoms with Crippen molar-refractivity contribution < 1.29 is 9.53 Å². The van der Waals surface area contributed by atoms with Gasteiger partial charge in [-0.1, -0.05) is 30.3 Å². The summed E-state index contributed by atoms with van der Waals surface area (Å²) in [5.74, 6) is 5.03. The first kappa shape index (κ1) is 15.9. The molecule has 0 saturated carbocycles. The molecule has 0 spiro atoms. The molecule has 0 radical (unpaired) electrons. The number of hydrogen-bond acceptors (Lipinski definition) is 4. The second-order valence-electron chi connectivity index (χ2n) is 3.50. The summed E-state index contributed by atoms with van der Waals surface area (Å²) in [4.78, 5) is 11.4. The minimum Gasteiger partial charge on any atom is -0.465 e. The largest absolute Gasteiger partial charge is 0.465 e. The number of hydrogen-bond donors (Lipinski definition) is 2. The van der Waals surface area contributed by atoms with Crippen LogP contribution < -0.4 is 11.3 Å². The van der Waals surface area contributed by atoms with Gasteiger partial charge in [0.25, 0.3) is 0 Å². The van der Waals surface area contributed by atoms with Crippen molar-refractivity contribution in [3.05, 3.63) is 35.9 Å². The van der Waals surface area contributed by atoms with Crippen LogP contribution in [0.15, 0.2) is 30.3 Å². The lowest BCUT2D eigenvalue weighted by atomic mass is 10.1. The molecule has 0 aromatic heterocycles. The number of nitrogens with one attached hydrogen (secondary N) is 1. The van der Waals surface area contributed by atoms with Crippen molar-refractivity contribution in [1.82, 2.24) is 5.43 Å². The summed E-state index contributed by atoms with van der Waals surface area (Å²) in [6.07, 6.45) is 1.44. The van der Waals surface area contributed by atoms with Crippen LogP contribution in [-0.4, -0.2) is 18.6 Å². The minimum atomic E-state index is -0.430. The van der Waals surface area contributed by atoms with Crippen LogP contribution >= 0.6 is 12.4 Å². The third-order valence-corrected chi connectivity index (χ3v) is 2.34. The summed E-state index contributed by atoms with van der Waals surface area (Å²) in [7, 11) is 0. The topological polar surface area (TPSA) is 64.3 Å². The zero-order valence-corrected chi connectivity index (χ0v) is 10.7. The van der Waals surface area contributed by atoms with Crippen LogP contribution in [0.3, 0.4) is 0 Å². The van der Waals surface area contributed by atoms with Crippen molar-refractivity contribution in [2.45, 2.75) is 25.8 Å². The minimum absolute atomic E-state index is 0. The highest BCUT2D eigenvalue weighted by Crippen LogP contribution is 2.05. The number of ether oxygens (including phenoxy) is 1. The molecule has 0 amide bonds. The number of carbonyl (C=O) groups excluding carboxylic acids is 1. The summed E-state index contributed by atoms with van der Waals surface area (Å²) in [5.41, 5.74) is 3.67. The number of nitrogens with two attached hydrogens (primary N) is 1. The van der Waals surface area contributed by atoms with E-state index in [2.05, 4.69) is 5.43 Å². The van der Waals surface area contributed by atoms with E-state index >= 15 is 0 Å². The van der Waals surface area contributed by atoms with Gasteiger partial charge in [0.1, 0.15) is 6.04 Å². The Hall–Kier alpha value is -1.10. The van der Waals surface area contributed by atoms with Crippen molar-refractivity contribution in [3.63, 3.8) is 0 Å². The van der Waals surface area contributed by atoms with Gasteiger partial charge in [-0.15, -0.1) is 12.4 Å². The van der Waals surface area contributed by atoms with Gasteiger partial charge in [-0.2, -0.15) is 0 Å². The van der Waals surface area contributed by atoms with Crippen LogP contribution in [0, 0.1) is 0 Å². The van der Waals surface area contributed by atoms with Gasteiger partial charge in [-0.25, -0.2) is 5.43 Å². The molecule has 0 unspecified atom stereocenters. The van der Waals surface area contributed by atoms with E-state index in [1.54, 1.807) is 6.92 Å². The van der Waals surface area contributed by atoms with E-state index < -0.39 is 6.04 Å². The van der Waals surface area contributed by atoms with Gasteiger partial charge < -0.3 is 4.74 Å². The van der Waals surface area contributed by atoms with Crippen molar-refractivity contribution in [2.24, 2.45) is 5.84 Å². The molecule has 96 valence electrons. The Morgan fingerprint density at radius 2 is 2.06 bits per heavy atom. The lowest BCUT2D eigenvalue weighted by Crippen LogP contribution is -2.42. The third kappa shape index (κ3) is 5.68. The van der Waals surface area contributed by atoms with E-state index in [0.29, 0.717) is 13.0 Å². The van der Waals surface area contributed by atoms with E-state index in [1.807, 2.05) is 30.3 Å². The molecule has 0 aliphatic rings. The van der Waals surface area contributed by atoms with Crippen LogP contribution in [0.5, 0.6) is 0 Å². The predicted octanol–water partition coefficient (Wildman–Crippen LogP) is 1.44. The molecule has 4 nitrogen and oxygen atoms in total. The Morgan fingerprint density at radius 1 is 1.41 bits per heavy atom. The smallest absolute Gasteiger partial charge is 0.324 e. The first-order valence-corrected chi connectivity index (χ1v) is 5.44. The molecule has 1 aromatic carbocycles. The standard InChI is InChI=1S/C12H18N2O2.ClH/c1-2-16-12(15)11(14-13)9-8-10-6-4-3-5-7-10;/h3-7,11,14H,2,8-9,13H2,1H3;1H/t11-;/m1./s1. The quantitative estimate of drug-likeness (QED) is 0.460. The molecule has 0 heterocycles. The van der Waals surface area contributed by atoms with Crippen molar-refractivity contribution in [3.8, 4) is 0 Å². The molecule has 17 heavy (non-hydrogen) atoms. The Balaban J connectivity index is 0.00000256.